The summed E-state index contributed by atoms with van der Waals surface area (Å²) >= 11 is 0. The molecule has 4 rings (SSSR count). The van der Waals surface area contributed by atoms with E-state index < -0.39 is 5.82 Å². The predicted octanol–water partition coefficient (Wildman–Crippen LogP) is 4.29. The van der Waals surface area contributed by atoms with Gasteiger partial charge in [0.15, 0.2) is 17.3 Å². The number of methoxy groups -OCH3 is 1. The van der Waals surface area contributed by atoms with Crippen LogP contribution in [0.4, 0.5) is 16.0 Å². The fourth-order valence-corrected chi connectivity index (χ4v) is 3.86. The standard InChI is InChI=1S/C24H28FN5O3/c1-3-21(31)18-10-17(23(25)22(11-18)32-2)5-4-16-12-26-24(27-13-16)29-19-14-28-30(15-19)20-6-8-33-9-7-20/h10-15,20H,3-9H2,1-2H3,(H,26,27,29). The first-order valence-electron chi connectivity index (χ1n) is 11.2. The molecular formula is C24H28FN5O3. The third-order valence-corrected chi connectivity index (χ3v) is 5.79. The highest BCUT2D eigenvalue weighted by molar-refractivity contribution is 5.96. The summed E-state index contributed by atoms with van der Waals surface area (Å²) in [6.45, 7) is 3.29. The van der Waals surface area contributed by atoms with Gasteiger partial charge in [-0.3, -0.25) is 9.48 Å². The largest absolute Gasteiger partial charge is 0.494 e. The van der Waals surface area contributed by atoms with Crippen LogP contribution in [0.3, 0.4) is 0 Å². The van der Waals surface area contributed by atoms with E-state index in [1.165, 1.54) is 13.2 Å². The van der Waals surface area contributed by atoms with Crippen LogP contribution in [0, 0.1) is 5.82 Å². The van der Waals surface area contributed by atoms with Gasteiger partial charge in [0, 0.05) is 43.8 Å². The molecule has 1 N–H and O–H groups in total. The Morgan fingerprint density at radius 1 is 1.21 bits per heavy atom. The third kappa shape index (κ3) is 5.54. The van der Waals surface area contributed by atoms with E-state index in [2.05, 4.69) is 20.4 Å². The van der Waals surface area contributed by atoms with Gasteiger partial charge in [-0.1, -0.05) is 6.92 Å². The van der Waals surface area contributed by atoms with Crippen LogP contribution in [-0.4, -0.2) is 45.9 Å². The van der Waals surface area contributed by atoms with Crippen molar-refractivity contribution in [3.63, 3.8) is 0 Å². The van der Waals surface area contributed by atoms with Crippen LogP contribution in [0.5, 0.6) is 5.75 Å². The van der Waals surface area contributed by atoms with Crippen molar-refractivity contribution >= 4 is 17.4 Å². The number of rotatable bonds is 9. The normalized spacial score (nSPS) is 14.3. The van der Waals surface area contributed by atoms with Crippen molar-refractivity contribution in [1.29, 1.82) is 0 Å². The number of aryl methyl sites for hydroxylation is 2. The van der Waals surface area contributed by atoms with Crippen LogP contribution in [-0.2, 0) is 17.6 Å². The Kier molecular flexibility index (Phi) is 7.29. The number of nitrogens with zero attached hydrogens (tertiary/aromatic N) is 4. The number of hydrogen-bond acceptors (Lipinski definition) is 7. The van der Waals surface area contributed by atoms with E-state index in [-0.39, 0.29) is 11.5 Å². The van der Waals surface area contributed by atoms with Crippen molar-refractivity contribution in [3.8, 4) is 5.75 Å². The molecule has 3 heterocycles. The molecule has 3 aromatic rings. The molecule has 1 fully saturated rings. The number of benzene rings is 1. The highest BCUT2D eigenvalue weighted by atomic mass is 19.1. The Balaban J connectivity index is 1.38. The molecule has 8 nitrogen and oxygen atoms in total. The van der Waals surface area contributed by atoms with Crippen LogP contribution in [0.25, 0.3) is 0 Å². The molecule has 0 amide bonds. The highest BCUT2D eigenvalue weighted by Crippen LogP contribution is 2.25. The number of carbonyl (C=O) groups is 1. The lowest BCUT2D eigenvalue weighted by Crippen LogP contribution is -2.19. The van der Waals surface area contributed by atoms with E-state index >= 15 is 0 Å². The molecule has 0 spiro atoms. The lowest BCUT2D eigenvalue weighted by atomic mass is 10.00. The molecule has 0 saturated carbocycles. The van der Waals surface area contributed by atoms with Gasteiger partial charge in [-0.25, -0.2) is 14.4 Å². The van der Waals surface area contributed by atoms with Crippen molar-refractivity contribution in [1.82, 2.24) is 19.7 Å². The number of aromatic nitrogens is 4. The average Bonchev–Trinajstić information content (AvgIpc) is 3.33. The minimum atomic E-state index is -0.439. The number of carbonyl (C=O) groups excluding carboxylic acids is 1. The summed E-state index contributed by atoms with van der Waals surface area (Å²) in [6.07, 6.45) is 10.3. The van der Waals surface area contributed by atoms with Crippen LogP contribution in [0.2, 0.25) is 0 Å². The molecule has 174 valence electrons. The molecule has 0 unspecified atom stereocenters. The van der Waals surface area contributed by atoms with Crippen LogP contribution in [0.15, 0.2) is 36.9 Å². The van der Waals surface area contributed by atoms with Crippen LogP contribution >= 0.6 is 0 Å². The van der Waals surface area contributed by atoms with Gasteiger partial charge in [-0.15, -0.1) is 0 Å². The Bertz CT molecular complexity index is 1090. The summed E-state index contributed by atoms with van der Waals surface area (Å²) in [5.74, 6) is 0.0643. The maximum absolute atomic E-state index is 14.7. The fourth-order valence-electron chi connectivity index (χ4n) is 3.86. The summed E-state index contributed by atoms with van der Waals surface area (Å²) < 4.78 is 27.1. The monoisotopic (exact) mass is 453 g/mol. The van der Waals surface area contributed by atoms with Crippen LogP contribution in [0.1, 0.15) is 53.7 Å². The quantitative estimate of drug-likeness (QED) is 0.483. The van der Waals surface area contributed by atoms with Gasteiger partial charge in [-0.2, -0.15) is 5.10 Å². The second-order valence-corrected chi connectivity index (χ2v) is 8.02. The molecule has 1 aliphatic heterocycles. The SMILES string of the molecule is CCC(=O)c1cc(CCc2cnc(Nc3cnn(C4CCOCC4)c3)nc2)c(F)c(OC)c1. The minimum Gasteiger partial charge on any atom is -0.494 e. The number of anilines is 2. The number of Topliss-reactive ketones (excluding diaryl/α,β-unsaturated/α-hetero) is 1. The van der Waals surface area contributed by atoms with E-state index in [1.807, 2.05) is 10.9 Å². The first kappa shape index (κ1) is 22.8. The summed E-state index contributed by atoms with van der Waals surface area (Å²) in [4.78, 5) is 20.8. The van der Waals surface area contributed by atoms with Gasteiger partial charge in [0.05, 0.1) is 25.0 Å². The predicted molar refractivity (Wildman–Crippen MR) is 122 cm³/mol. The minimum absolute atomic E-state index is 0.0477. The maximum atomic E-state index is 14.7. The second-order valence-electron chi connectivity index (χ2n) is 8.02. The number of nitrogens with one attached hydrogen (secondary N) is 1. The molecule has 0 radical (unpaired) electrons. The van der Waals surface area contributed by atoms with Gasteiger partial charge < -0.3 is 14.8 Å². The molecular weight excluding hydrogens is 425 g/mol. The Morgan fingerprint density at radius 2 is 1.97 bits per heavy atom. The van der Waals surface area contributed by atoms with Crippen molar-refractivity contribution in [2.45, 2.75) is 45.1 Å². The molecule has 9 heteroatoms. The Labute approximate surface area is 192 Å². The Morgan fingerprint density at radius 3 is 2.67 bits per heavy atom. The lowest BCUT2D eigenvalue weighted by Gasteiger charge is -2.22. The molecule has 1 aliphatic rings. The smallest absolute Gasteiger partial charge is 0.227 e. The van der Waals surface area contributed by atoms with E-state index in [0.29, 0.717) is 42.4 Å². The molecule has 0 bridgehead atoms. The number of ether oxygens (including phenoxy) is 2. The first-order chi connectivity index (χ1) is 16.1. The molecule has 1 saturated heterocycles. The summed E-state index contributed by atoms with van der Waals surface area (Å²) in [7, 11) is 1.40. The summed E-state index contributed by atoms with van der Waals surface area (Å²) in [5, 5.41) is 7.60. The first-order valence-corrected chi connectivity index (χ1v) is 11.2. The molecule has 1 aromatic carbocycles. The number of ketones is 1. The summed E-state index contributed by atoms with van der Waals surface area (Å²) in [5.41, 5.74) is 2.58. The highest BCUT2D eigenvalue weighted by Gasteiger charge is 2.17. The Hall–Kier alpha value is -3.33. The lowest BCUT2D eigenvalue weighted by molar-refractivity contribution is 0.0662. The zero-order chi connectivity index (χ0) is 23.2. The van der Waals surface area contributed by atoms with Crippen molar-refractivity contribution in [3.05, 3.63) is 59.4 Å². The van der Waals surface area contributed by atoms with E-state index in [1.54, 1.807) is 31.6 Å². The van der Waals surface area contributed by atoms with Gasteiger partial charge in [0.1, 0.15) is 0 Å². The van der Waals surface area contributed by atoms with E-state index in [0.717, 1.165) is 37.3 Å². The van der Waals surface area contributed by atoms with Crippen molar-refractivity contribution in [2.75, 3.05) is 25.6 Å². The second kappa shape index (κ2) is 10.5. The molecule has 2 aromatic heterocycles. The number of hydrogen-bond donors (Lipinski definition) is 1. The molecule has 33 heavy (non-hydrogen) atoms. The number of halogens is 1. The molecule has 0 atom stereocenters. The van der Waals surface area contributed by atoms with Crippen molar-refractivity contribution in [2.24, 2.45) is 0 Å². The van der Waals surface area contributed by atoms with Gasteiger partial charge in [0.25, 0.3) is 0 Å². The third-order valence-electron chi connectivity index (χ3n) is 5.79. The summed E-state index contributed by atoms with van der Waals surface area (Å²) in [6, 6.07) is 3.41. The van der Waals surface area contributed by atoms with Crippen molar-refractivity contribution < 1.29 is 18.7 Å². The molecule has 0 aliphatic carbocycles. The average molecular weight is 454 g/mol. The fraction of sp³-hybridized carbons (Fsp3) is 0.417. The van der Waals surface area contributed by atoms with Crippen LogP contribution < -0.4 is 10.1 Å². The zero-order valence-electron chi connectivity index (χ0n) is 18.9. The zero-order valence-corrected chi connectivity index (χ0v) is 18.9. The maximum Gasteiger partial charge on any atom is 0.227 e. The van der Waals surface area contributed by atoms with Gasteiger partial charge >= 0.3 is 0 Å². The van der Waals surface area contributed by atoms with E-state index in [4.69, 9.17) is 9.47 Å². The topological polar surface area (TPSA) is 91.2 Å². The van der Waals surface area contributed by atoms with Gasteiger partial charge in [-0.05, 0) is 48.9 Å². The van der Waals surface area contributed by atoms with Gasteiger partial charge in [0.2, 0.25) is 5.95 Å². The van der Waals surface area contributed by atoms with E-state index in [9.17, 15) is 9.18 Å².